The van der Waals surface area contributed by atoms with Gasteiger partial charge in [0.05, 0.1) is 15.9 Å². The van der Waals surface area contributed by atoms with Gasteiger partial charge in [-0.15, -0.1) is 0 Å². The molecule has 8 heteroatoms. The van der Waals surface area contributed by atoms with Crippen LogP contribution in [0.25, 0.3) is 0 Å². The second kappa shape index (κ2) is 7.84. The number of benzene rings is 2. The van der Waals surface area contributed by atoms with Gasteiger partial charge in [-0.25, -0.2) is 0 Å². The first-order valence-electron chi connectivity index (χ1n) is 9.40. The summed E-state index contributed by atoms with van der Waals surface area (Å²) in [6.07, 6.45) is 2.99. The van der Waals surface area contributed by atoms with Crippen LogP contribution in [0.1, 0.15) is 29.3 Å². The standard InChI is InChI=1S/C21H20N4O4/c26-24(27)18-9-7-17(8-10-18)21-20-6-2-11-22(20)12-3-13-23(21)15-16-4-1-5-19(14-16)25(28)29/h1-2,4-11,14,21H,3,12-13,15H2/t21-/m0/s1. The summed E-state index contributed by atoms with van der Waals surface area (Å²) in [7, 11) is 0. The number of hydrogen-bond donors (Lipinski definition) is 0. The predicted octanol–water partition coefficient (Wildman–Crippen LogP) is 4.30. The van der Waals surface area contributed by atoms with E-state index in [-0.39, 0.29) is 22.3 Å². The van der Waals surface area contributed by atoms with Crippen LogP contribution in [-0.4, -0.2) is 25.9 Å². The third-order valence-electron chi connectivity index (χ3n) is 5.28. The molecule has 0 spiro atoms. The molecule has 0 unspecified atom stereocenters. The first kappa shape index (κ1) is 18.8. The first-order valence-corrected chi connectivity index (χ1v) is 9.40. The van der Waals surface area contributed by atoms with E-state index < -0.39 is 4.92 Å². The lowest BCUT2D eigenvalue weighted by Crippen LogP contribution is -2.29. The van der Waals surface area contributed by atoms with E-state index in [0.29, 0.717) is 6.54 Å². The number of nitrogens with zero attached hydrogens (tertiary/aromatic N) is 4. The van der Waals surface area contributed by atoms with Crippen molar-refractivity contribution in [3.8, 4) is 0 Å². The topological polar surface area (TPSA) is 94.5 Å². The van der Waals surface area contributed by atoms with Gasteiger partial charge in [-0.2, -0.15) is 0 Å². The van der Waals surface area contributed by atoms with Gasteiger partial charge in [0.2, 0.25) is 0 Å². The van der Waals surface area contributed by atoms with Crippen LogP contribution in [0.15, 0.2) is 66.9 Å². The quantitative estimate of drug-likeness (QED) is 0.477. The Balaban J connectivity index is 1.72. The fraction of sp³-hybridized carbons (Fsp3) is 0.238. The lowest BCUT2D eigenvalue weighted by atomic mass is 10.0. The van der Waals surface area contributed by atoms with Gasteiger partial charge in [-0.05, 0) is 29.7 Å². The highest BCUT2D eigenvalue weighted by atomic mass is 16.6. The van der Waals surface area contributed by atoms with Crippen LogP contribution in [0, 0.1) is 20.2 Å². The van der Waals surface area contributed by atoms with E-state index in [9.17, 15) is 20.2 Å². The summed E-state index contributed by atoms with van der Waals surface area (Å²) in [4.78, 5) is 23.7. The molecule has 4 rings (SSSR count). The van der Waals surface area contributed by atoms with E-state index in [2.05, 4.69) is 15.5 Å². The highest BCUT2D eigenvalue weighted by molar-refractivity contribution is 5.38. The molecule has 0 radical (unpaired) electrons. The molecule has 0 saturated heterocycles. The average Bonchev–Trinajstić information content (AvgIpc) is 3.10. The van der Waals surface area contributed by atoms with E-state index in [0.717, 1.165) is 36.3 Å². The van der Waals surface area contributed by atoms with Gasteiger partial charge in [-0.3, -0.25) is 25.1 Å². The lowest BCUT2D eigenvalue weighted by molar-refractivity contribution is -0.385. The zero-order valence-corrected chi connectivity index (χ0v) is 15.7. The van der Waals surface area contributed by atoms with Gasteiger partial charge < -0.3 is 4.57 Å². The van der Waals surface area contributed by atoms with Gasteiger partial charge >= 0.3 is 0 Å². The van der Waals surface area contributed by atoms with Crippen LogP contribution in [0.4, 0.5) is 11.4 Å². The number of aryl methyl sites for hydroxylation is 1. The molecule has 1 aliphatic rings. The molecule has 148 valence electrons. The number of nitro groups is 2. The van der Waals surface area contributed by atoms with Crippen LogP contribution in [0.2, 0.25) is 0 Å². The second-order valence-corrected chi connectivity index (χ2v) is 7.13. The molecule has 3 aromatic rings. The van der Waals surface area contributed by atoms with E-state index in [4.69, 9.17) is 0 Å². The van der Waals surface area contributed by atoms with E-state index in [1.165, 1.54) is 18.2 Å². The Hall–Kier alpha value is -3.52. The summed E-state index contributed by atoms with van der Waals surface area (Å²) in [5.74, 6) is 0. The highest BCUT2D eigenvalue weighted by Crippen LogP contribution is 2.34. The van der Waals surface area contributed by atoms with Crippen molar-refractivity contribution in [2.24, 2.45) is 0 Å². The monoisotopic (exact) mass is 392 g/mol. The number of hydrogen-bond acceptors (Lipinski definition) is 5. The first-order chi connectivity index (χ1) is 14.0. The molecule has 1 aliphatic heterocycles. The maximum atomic E-state index is 11.1. The molecule has 2 aromatic carbocycles. The molecule has 0 aliphatic carbocycles. The Bertz CT molecular complexity index is 1040. The fourth-order valence-corrected chi connectivity index (χ4v) is 3.97. The van der Waals surface area contributed by atoms with E-state index in [1.54, 1.807) is 24.3 Å². The molecule has 0 amide bonds. The molecule has 1 atom stereocenters. The number of nitro benzene ring substituents is 2. The van der Waals surface area contributed by atoms with Crippen LogP contribution >= 0.6 is 0 Å². The summed E-state index contributed by atoms with van der Waals surface area (Å²) < 4.78 is 2.21. The average molecular weight is 392 g/mol. The molecule has 0 saturated carbocycles. The Labute approximate surface area is 167 Å². The molecule has 1 aromatic heterocycles. The van der Waals surface area contributed by atoms with Crippen LogP contribution in [0.3, 0.4) is 0 Å². The molecule has 0 N–H and O–H groups in total. The maximum absolute atomic E-state index is 11.1. The Morgan fingerprint density at radius 1 is 0.897 bits per heavy atom. The Morgan fingerprint density at radius 3 is 2.38 bits per heavy atom. The minimum atomic E-state index is -0.402. The lowest BCUT2D eigenvalue weighted by Gasteiger charge is -2.30. The van der Waals surface area contributed by atoms with E-state index in [1.807, 2.05) is 18.3 Å². The molecular weight excluding hydrogens is 372 g/mol. The van der Waals surface area contributed by atoms with Gasteiger partial charge in [0.1, 0.15) is 0 Å². The predicted molar refractivity (Wildman–Crippen MR) is 107 cm³/mol. The molecule has 29 heavy (non-hydrogen) atoms. The van der Waals surface area contributed by atoms with Crippen molar-refractivity contribution in [3.63, 3.8) is 0 Å². The highest BCUT2D eigenvalue weighted by Gasteiger charge is 2.28. The van der Waals surface area contributed by atoms with Crippen molar-refractivity contribution in [3.05, 3.63) is 104 Å². The minimum absolute atomic E-state index is 0.0583. The van der Waals surface area contributed by atoms with E-state index >= 15 is 0 Å². The zero-order chi connectivity index (χ0) is 20.4. The minimum Gasteiger partial charge on any atom is -0.350 e. The van der Waals surface area contributed by atoms with Crippen molar-refractivity contribution in [1.82, 2.24) is 9.47 Å². The Kier molecular flexibility index (Phi) is 5.09. The molecule has 0 fully saturated rings. The fourth-order valence-electron chi connectivity index (χ4n) is 3.97. The normalized spacial score (nSPS) is 16.8. The van der Waals surface area contributed by atoms with Crippen molar-refractivity contribution < 1.29 is 9.85 Å². The molecule has 8 nitrogen and oxygen atoms in total. The summed E-state index contributed by atoms with van der Waals surface area (Å²) in [6, 6.07) is 17.3. The summed E-state index contributed by atoms with van der Waals surface area (Å²) in [5, 5.41) is 22.2. The largest absolute Gasteiger partial charge is 0.350 e. The maximum Gasteiger partial charge on any atom is 0.269 e. The van der Waals surface area contributed by atoms with Crippen molar-refractivity contribution in [1.29, 1.82) is 0 Å². The number of aromatic nitrogens is 1. The van der Waals surface area contributed by atoms with Crippen LogP contribution in [-0.2, 0) is 13.1 Å². The smallest absolute Gasteiger partial charge is 0.269 e. The summed E-state index contributed by atoms with van der Waals surface area (Å²) >= 11 is 0. The summed E-state index contributed by atoms with van der Waals surface area (Å²) in [5.41, 5.74) is 3.08. The SMILES string of the molecule is O=[N+]([O-])c1ccc([C@H]2c3cccn3CCCN2Cc2cccc([N+](=O)[O-])c2)cc1. The molecule has 2 heterocycles. The molecule has 0 bridgehead atoms. The van der Waals surface area contributed by atoms with Gasteiger partial charge in [0, 0.05) is 55.8 Å². The van der Waals surface area contributed by atoms with Crippen LogP contribution < -0.4 is 0 Å². The number of fused-ring (bicyclic) bond motifs is 1. The van der Waals surface area contributed by atoms with Crippen LogP contribution in [0.5, 0.6) is 0 Å². The van der Waals surface area contributed by atoms with Crippen molar-refractivity contribution >= 4 is 11.4 Å². The van der Waals surface area contributed by atoms with Gasteiger partial charge in [0.25, 0.3) is 11.4 Å². The van der Waals surface area contributed by atoms with Gasteiger partial charge in [0.15, 0.2) is 0 Å². The third-order valence-corrected chi connectivity index (χ3v) is 5.28. The zero-order valence-electron chi connectivity index (χ0n) is 15.7. The summed E-state index contributed by atoms with van der Waals surface area (Å²) in [6.45, 7) is 2.25. The van der Waals surface area contributed by atoms with Crippen molar-refractivity contribution in [2.75, 3.05) is 6.54 Å². The molecular formula is C21H20N4O4. The second-order valence-electron chi connectivity index (χ2n) is 7.13. The van der Waals surface area contributed by atoms with Crippen molar-refractivity contribution in [2.45, 2.75) is 25.6 Å². The van der Waals surface area contributed by atoms with Gasteiger partial charge in [-0.1, -0.05) is 24.3 Å². The number of non-ortho nitro benzene ring substituents is 2. The Morgan fingerprint density at radius 2 is 1.66 bits per heavy atom. The third kappa shape index (κ3) is 3.88. The number of rotatable bonds is 5.